The first kappa shape index (κ1) is 20.9. The molecule has 0 saturated heterocycles. The first-order chi connectivity index (χ1) is 13.8. The van der Waals surface area contributed by atoms with E-state index in [4.69, 9.17) is 4.74 Å². The standard InChI is InChI=1S/C21H15BrF4N2O/c22-17-5-10-20(29-13-14-1-6-18(23)7-2-14)15(11-17)12-27-28-19-8-3-16(4-9-19)21(24,25)26/h1-12,28H,13H2/b27-12+. The van der Waals surface area contributed by atoms with Gasteiger partial charge in [-0.2, -0.15) is 18.3 Å². The Balaban J connectivity index is 1.68. The molecule has 0 bridgehead atoms. The molecule has 0 spiro atoms. The minimum absolute atomic E-state index is 0.245. The molecule has 0 heterocycles. The number of benzene rings is 3. The highest BCUT2D eigenvalue weighted by molar-refractivity contribution is 9.10. The molecule has 0 aromatic heterocycles. The summed E-state index contributed by atoms with van der Waals surface area (Å²) in [6, 6.07) is 15.9. The summed E-state index contributed by atoms with van der Waals surface area (Å²) in [7, 11) is 0. The fourth-order valence-corrected chi connectivity index (χ4v) is 2.78. The van der Waals surface area contributed by atoms with Crippen LogP contribution in [-0.4, -0.2) is 6.21 Å². The molecule has 3 nitrogen and oxygen atoms in total. The van der Waals surface area contributed by atoms with Gasteiger partial charge in [0.1, 0.15) is 18.2 Å². The molecule has 150 valence electrons. The summed E-state index contributed by atoms with van der Waals surface area (Å²) >= 11 is 3.38. The van der Waals surface area contributed by atoms with Crippen LogP contribution < -0.4 is 10.2 Å². The van der Waals surface area contributed by atoms with Crippen molar-refractivity contribution in [1.82, 2.24) is 0 Å². The van der Waals surface area contributed by atoms with Gasteiger partial charge in [0.15, 0.2) is 0 Å². The average molecular weight is 467 g/mol. The van der Waals surface area contributed by atoms with E-state index >= 15 is 0 Å². The van der Waals surface area contributed by atoms with E-state index in [9.17, 15) is 17.6 Å². The predicted molar refractivity (Wildman–Crippen MR) is 108 cm³/mol. The number of alkyl halides is 3. The summed E-state index contributed by atoms with van der Waals surface area (Å²) in [5, 5.41) is 4.07. The predicted octanol–water partition coefficient (Wildman–Crippen LogP) is 6.63. The molecule has 0 aliphatic carbocycles. The zero-order valence-electron chi connectivity index (χ0n) is 14.9. The van der Waals surface area contributed by atoms with Crippen molar-refractivity contribution >= 4 is 27.8 Å². The Hall–Kier alpha value is -2.87. The van der Waals surface area contributed by atoms with Gasteiger partial charge in [-0.1, -0.05) is 28.1 Å². The van der Waals surface area contributed by atoms with Gasteiger partial charge in [0.2, 0.25) is 0 Å². The molecular formula is C21H15BrF4N2O. The molecule has 0 saturated carbocycles. The maximum absolute atomic E-state index is 13.0. The van der Waals surface area contributed by atoms with Crippen molar-refractivity contribution in [2.24, 2.45) is 5.10 Å². The van der Waals surface area contributed by atoms with Crippen LogP contribution in [0.3, 0.4) is 0 Å². The second-order valence-electron chi connectivity index (χ2n) is 6.04. The van der Waals surface area contributed by atoms with E-state index in [-0.39, 0.29) is 12.4 Å². The van der Waals surface area contributed by atoms with Crippen LogP contribution in [0.25, 0.3) is 0 Å². The monoisotopic (exact) mass is 466 g/mol. The normalized spacial score (nSPS) is 11.6. The van der Waals surface area contributed by atoms with Crippen molar-refractivity contribution in [3.8, 4) is 5.75 Å². The van der Waals surface area contributed by atoms with Gasteiger partial charge in [0.25, 0.3) is 0 Å². The Morgan fingerprint density at radius 3 is 2.31 bits per heavy atom. The van der Waals surface area contributed by atoms with Gasteiger partial charge in [-0.15, -0.1) is 0 Å². The SMILES string of the molecule is Fc1ccc(COc2ccc(Br)cc2/C=N/Nc2ccc(C(F)(F)F)cc2)cc1. The van der Waals surface area contributed by atoms with E-state index in [2.05, 4.69) is 26.5 Å². The van der Waals surface area contributed by atoms with Crippen molar-refractivity contribution in [1.29, 1.82) is 0 Å². The number of nitrogens with one attached hydrogen (secondary N) is 1. The van der Waals surface area contributed by atoms with Crippen molar-refractivity contribution in [2.75, 3.05) is 5.43 Å². The highest BCUT2D eigenvalue weighted by Gasteiger charge is 2.29. The van der Waals surface area contributed by atoms with Gasteiger partial charge in [-0.3, -0.25) is 5.43 Å². The molecular weight excluding hydrogens is 452 g/mol. The molecule has 0 atom stereocenters. The molecule has 1 N–H and O–H groups in total. The Kier molecular flexibility index (Phi) is 6.53. The molecule has 0 aliphatic rings. The van der Waals surface area contributed by atoms with Crippen molar-refractivity contribution in [2.45, 2.75) is 12.8 Å². The Morgan fingerprint density at radius 2 is 1.66 bits per heavy atom. The van der Waals surface area contributed by atoms with E-state index in [1.807, 2.05) is 0 Å². The quantitative estimate of drug-likeness (QED) is 0.251. The van der Waals surface area contributed by atoms with E-state index in [0.717, 1.165) is 22.2 Å². The first-order valence-corrected chi connectivity index (χ1v) is 9.24. The minimum atomic E-state index is -4.38. The Morgan fingerprint density at radius 1 is 0.966 bits per heavy atom. The van der Waals surface area contributed by atoms with Gasteiger partial charge in [-0.05, 0) is 60.2 Å². The number of anilines is 1. The lowest BCUT2D eigenvalue weighted by molar-refractivity contribution is -0.137. The summed E-state index contributed by atoms with van der Waals surface area (Å²) in [6.07, 6.45) is -2.88. The molecule has 3 aromatic carbocycles. The van der Waals surface area contributed by atoms with E-state index in [1.165, 1.54) is 30.5 Å². The van der Waals surface area contributed by atoms with Crippen molar-refractivity contribution in [3.05, 3.63) is 93.7 Å². The molecule has 0 amide bonds. The number of nitrogens with zero attached hydrogens (tertiary/aromatic N) is 1. The van der Waals surface area contributed by atoms with Crippen LogP contribution in [0.2, 0.25) is 0 Å². The zero-order valence-corrected chi connectivity index (χ0v) is 16.5. The van der Waals surface area contributed by atoms with Gasteiger partial charge < -0.3 is 4.74 Å². The van der Waals surface area contributed by atoms with Crippen LogP contribution in [-0.2, 0) is 12.8 Å². The smallest absolute Gasteiger partial charge is 0.416 e. The highest BCUT2D eigenvalue weighted by Crippen LogP contribution is 2.30. The maximum Gasteiger partial charge on any atom is 0.416 e. The number of ether oxygens (including phenoxy) is 1. The molecule has 3 aromatic rings. The fraction of sp³-hybridized carbons (Fsp3) is 0.0952. The topological polar surface area (TPSA) is 33.6 Å². The van der Waals surface area contributed by atoms with Crippen LogP contribution in [0.4, 0.5) is 23.2 Å². The molecule has 0 aliphatic heterocycles. The zero-order chi connectivity index (χ0) is 20.9. The lowest BCUT2D eigenvalue weighted by atomic mass is 10.2. The Bertz CT molecular complexity index is 987. The van der Waals surface area contributed by atoms with Crippen LogP contribution in [0, 0.1) is 5.82 Å². The molecule has 8 heteroatoms. The molecule has 0 unspecified atom stereocenters. The minimum Gasteiger partial charge on any atom is -0.488 e. The largest absolute Gasteiger partial charge is 0.488 e. The highest BCUT2D eigenvalue weighted by atomic mass is 79.9. The van der Waals surface area contributed by atoms with Crippen molar-refractivity contribution in [3.63, 3.8) is 0 Å². The van der Waals surface area contributed by atoms with Gasteiger partial charge in [0, 0.05) is 10.0 Å². The van der Waals surface area contributed by atoms with Crippen LogP contribution in [0.5, 0.6) is 5.75 Å². The number of hydrazone groups is 1. The molecule has 0 radical (unpaired) electrons. The van der Waals surface area contributed by atoms with Crippen LogP contribution in [0.1, 0.15) is 16.7 Å². The molecule has 0 fully saturated rings. The average Bonchev–Trinajstić information content (AvgIpc) is 2.68. The lowest BCUT2D eigenvalue weighted by Crippen LogP contribution is -2.04. The summed E-state index contributed by atoms with van der Waals surface area (Å²) in [4.78, 5) is 0. The Labute approximate surface area is 173 Å². The third kappa shape index (κ3) is 6.05. The van der Waals surface area contributed by atoms with E-state index in [0.29, 0.717) is 17.0 Å². The fourth-order valence-electron chi connectivity index (χ4n) is 2.40. The number of hydrogen-bond acceptors (Lipinski definition) is 3. The van der Waals surface area contributed by atoms with E-state index in [1.54, 1.807) is 30.3 Å². The number of rotatable bonds is 6. The summed E-state index contributed by atoms with van der Waals surface area (Å²) in [5.74, 6) is 0.232. The third-order valence-electron chi connectivity index (χ3n) is 3.89. The summed E-state index contributed by atoms with van der Waals surface area (Å²) in [6.45, 7) is 0.245. The second-order valence-corrected chi connectivity index (χ2v) is 6.96. The number of halogens is 5. The summed E-state index contributed by atoms with van der Waals surface area (Å²) < 4.78 is 57.4. The third-order valence-corrected chi connectivity index (χ3v) is 4.38. The summed E-state index contributed by atoms with van der Waals surface area (Å²) in [5.41, 5.74) is 3.84. The second kappa shape index (κ2) is 9.09. The van der Waals surface area contributed by atoms with Crippen LogP contribution >= 0.6 is 15.9 Å². The van der Waals surface area contributed by atoms with Crippen molar-refractivity contribution < 1.29 is 22.3 Å². The molecule has 3 rings (SSSR count). The number of hydrogen-bond donors (Lipinski definition) is 1. The maximum atomic E-state index is 13.0. The van der Waals surface area contributed by atoms with Gasteiger partial charge in [0.05, 0.1) is 17.5 Å². The van der Waals surface area contributed by atoms with E-state index < -0.39 is 11.7 Å². The molecule has 29 heavy (non-hydrogen) atoms. The van der Waals surface area contributed by atoms with Gasteiger partial charge >= 0.3 is 6.18 Å². The van der Waals surface area contributed by atoms with Crippen LogP contribution in [0.15, 0.2) is 76.3 Å². The lowest BCUT2D eigenvalue weighted by Gasteiger charge is -2.10. The van der Waals surface area contributed by atoms with Gasteiger partial charge in [-0.25, -0.2) is 4.39 Å². The first-order valence-electron chi connectivity index (χ1n) is 8.44.